The van der Waals surface area contributed by atoms with Crippen LogP contribution in [0.1, 0.15) is 24.6 Å². The summed E-state index contributed by atoms with van der Waals surface area (Å²) in [6.45, 7) is 2.27. The highest BCUT2D eigenvalue weighted by molar-refractivity contribution is 5.08. The molecule has 2 heterocycles. The fourth-order valence-electron chi connectivity index (χ4n) is 2.86. The number of imidazole rings is 1. The maximum atomic E-state index is 4.24. The summed E-state index contributed by atoms with van der Waals surface area (Å²) in [6.07, 6.45) is 6.52. The second-order valence-electron chi connectivity index (χ2n) is 4.81. The molecule has 4 nitrogen and oxygen atoms in total. The van der Waals surface area contributed by atoms with Crippen molar-refractivity contribution in [3.05, 3.63) is 18.2 Å². The number of piperidine rings is 1. The molecule has 1 N–H and O–H groups in total. The molecule has 2 rings (SSSR count). The lowest BCUT2D eigenvalue weighted by atomic mass is 9.87. The monoisotopic (exact) mass is 222 g/mol. The maximum Gasteiger partial charge on any atom is 0.0946 e. The predicted octanol–water partition coefficient (Wildman–Crippen LogP) is 1.02. The lowest BCUT2D eigenvalue weighted by molar-refractivity contribution is 0.115. The van der Waals surface area contributed by atoms with Crippen molar-refractivity contribution in [2.45, 2.75) is 18.9 Å². The number of rotatable bonds is 3. The Morgan fingerprint density at radius 2 is 2.31 bits per heavy atom. The Labute approximate surface area is 97.7 Å². The van der Waals surface area contributed by atoms with Crippen molar-refractivity contribution in [3.63, 3.8) is 0 Å². The molecule has 0 saturated carbocycles. The first-order valence-corrected chi connectivity index (χ1v) is 6.05. The summed E-state index contributed by atoms with van der Waals surface area (Å²) < 4.78 is 2.15. The highest BCUT2D eigenvalue weighted by Gasteiger charge is 2.31. The zero-order valence-corrected chi connectivity index (χ0v) is 10.5. The molecule has 1 aliphatic rings. The predicted molar refractivity (Wildman–Crippen MR) is 65.2 cm³/mol. The molecule has 1 fully saturated rings. The lowest BCUT2D eigenvalue weighted by Gasteiger charge is -2.39. The van der Waals surface area contributed by atoms with E-state index in [1.165, 1.54) is 25.1 Å². The number of aryl methyl sites for hydroxylation is 1. The Hall–Kier alpha value is -0.870. The minimum Gasteiger partial charge on any atom is -0.336 e. The van der Waals surface area contributed by atoms with Gasteiger partial charge in [0.15, 0.2) is 0 Å². The van der Waals surface area contributed by atoms with Crippen molar-refractivity contribution < 1.29 is 0 Å². The van der Waals surface area contributed by atoms with E-state index in [0.29, 0.717) is 12.0 Å². The molecule has 2 atom stereocenters. The van der Waals surface area contributed by atoms with Crippen LogP contribution < -0.4 is 5.32 Å². The van der Waals surface area contributed by atoms with Gasteiger partial charge in [-0.3, -0.25) is 4.90 Å². The standard InChI is InChI=1S/C12H22N4/c1-13-7-10-5-4-6-15(2)12(10)11-8-14-9-16(11)3/h8-10,12-13H,4-7H2,1-3H3/t10-,12-/m0/s1. The molecule has 0 aliphatic carbocycles. The van der Waals surface area contributed by atoms with Gasteiger partial charge in [-0.15, -0.1) is 0 Å². The minimum absolute atomic E-state index is 0.508. The zero-order chi connectivity index (χ0) is 11.5. The average molecular weight is 222 g/mol. The Kier molecular flexibility index (Phi) is 3.61. The first-order valence-electron chi connectivity index (χ1n) is 6.05. The summed E-state index contributed by atoms with van der Waals surface area (Å²) in [5.41, 5.74) is 1.34. The Balaban J connectivity index is 2.22. The summed E-state index contributed by atoms with van der Waals surface area (Å²) in [6, 6.07) is 0.508. The van der Waals surface area contributed by atoms with Gasteiger partial charge in [0.2, 0.25) is 0 Å². The number of hydrogen-bond acceptors (Lipinski definition) is 3. The van der Waals surface area contributed by atoms with Crippen LogP contribution in [-0.2, 0) is 7.05 Å². The van der Waals surface area contributed by atoms with E-state index < -0.39 is 0 Å². The largest absolute Gasteiger partial charge is 0.336 e. The van der Waals surface area contributed by atoms with Crippen molar-refractivity contribution in [3.8, 4) is 0 Å². The quantitative estimate of drug-likeness (QED) is 0.829. The van der Waals surface area contributed by atoms with Crippen LogP contribution >= 0.6 is 0 Å². The summed E-state index contributed by atoms with van der Waals surface area (Å²) in [4.78, 5) is 6.70. The fourth-order valence-corrected chi connectivity index (χ4v) is 2.86. The van der Waals surface area contributed by atoms with E-state index in [0.717, 1.165) is 6.54 Å². The summed E-state index contributed by atoms with van der Waals surface area (Å²) in [5, 5.41) is 3.31. The fraction of sp³-hybridized carbons (Fsp3) is 0.750. The molecule has 4 heteroatoms. The first kappa shape index (κ1) is 11.6. The molecule has 0 unspecified atom stereocenters. The van der Waals surface area contributed by atoms with Gasteiger partial charge in [0.25, 0.3) is 0 Å². The van der Waals surface area contributed by atoms with Gasteiger partial charge < -0.3 is 9.88 Å². The molecule has 0 spiro atoms. The van der Waals surface area contributed by atoms with Crippen LogP contribution in [0.4, 0.5) is 0 Å². The highest BCUT2D eigenvalue weighted by Crippen LogP contribution is 2.34. The van der Waals surface area contributed by atoms with E-state index in [9.17, 15) is 0 Å². The highest BCUT2D eigenvalue weighted by atomic mass is 15.2. The number of nitrogens with one attached hydrogen (secondary N) is 1. The van der Waals surface area contributed by atoms with E-state index in [1.54, 1.807) is 0 Å². The number of likely N-dealkylation sites (tertiary alicyclic amines) is 1. The van der Waals surface area contributed by atoms with E-state index in [-0.39, 0.29) is 0 Å². The Morgan fingerprint density at radius 1 is 1.50 bits per heavy atom. The molecule has 0 amide bonds. The summed E-state index contributed by atoms with van der Waals surface area (Å²) >= 11 is 0. The van der Waals surface area contributed by atoms with Crippen LogP contribution in [0.5, 0.6) is 0 Å². The van der Waals surface area contributed by atoms with Crippen LogP contribution in [0.25, 0.3) is 0 Å². The smallest absolute Gasteiger partial charge is 0.0946 e. The average Bonchev–Trinajstić information content (AvgIpc) is 2.65. The number of aromatic nitrogens is 2. The second kappa shape index (κ2) is 4.97. The molecule has 16 heavy (non-hydrogen) atoms. The SMILES string of the molecule is CNC[C@@H]1CCCN(C)[C@@H]1c1cncn1C. The summed E-state index contributed by atoms with van der Waals surface area (Å²) in [5.74, 6) is 0.694. The maximum absolute atomic E-state index is 4.24. The van der Waals surface area contributed by atoms with Gasteiger partial charge in [-0.05, 0) is 45.9 Å². The molecule has 1 saturated heterocycles. The van der Waals surface area contributed by atoms with Gasteiger partial charge in [0.1, 0.15) is 0 Å². The third-order valence-corrected chi connectivity index (χ3v) is 3.63. The third-order valence-electron chi connectivity index (χ3n) is 3.63. The van der Waals surface area contributed by atoms with Gasteiger partial charge in [-0.1, -0.05) is 0 Å². The van der Waals surface area contributed by atoms with Crippen LogP contribution in [-0.4, -0.2) is 41.6 Å². The van der Waals surface area contributed by atoms with Crippen LogP contribution in [0.2, 0.25) is 0 Å². The molecular weight excluding hydrogens is 200 g/mol. The normalized spacial score (nSPS) is 27.2. The molecule has 0 bridgehead atoms. The van der Waals surface area contributed by atoms with Crippen LogP contribution in [0.3, 0.4) is 0 Å². The third kappa shape index (κ3) is 2.13. The van der Waals surface area contributed by atoms with E-state index >= 15 is 0 Å². The van der Waals surface area contributed by atoms with E-state index in [4.69, 9.17) is 0 Å². The van der Waals surface area contributed by atoms with Crippen molar-refractivity contribution in [1.29, 1.82) is 0 Å². The minimum atomic E-state index is 0.508. The topological polar surface area (TPSA) is 33.1 Å². The molecular formula is C12H22N4. The van der Waals surface area contributed by atoms with Crippen LogP contribution in [0, 0.1) is 5.92 Å². The molecule has 1 aliphatic heterocycles. The van der Waals surface area contributed by atoms with Crippen molar-refractivity contribution >= 4 is 0 Å². The number of nitrogens with zero attached hydrogens (tertiary/aromatic N) is 3. The molecule has 90 valence electrons. The van der Waals surface area contributed by atoms with Gasteiger partial charge in [-0.25, -0.2) is 4.98 Å². The van der Waals surface area contributed by atoms with Crippen molar-refractivity contribution in [2.24, 2.45) is 13.0 Å². The molecule has 1 aromatic rings. The molecule has 0 radical (unpaired) electrons. The Bertz CT molecular complexity index is 332. The van der Waals surface area contributed by atoms with Crippen molar-refractivity contribution in [1.82, 2.24) is 19.8 Å². The zero-order valence-electron chi connectivity index (χ0n) is 10.5. The number of hydrogen-bond donors (Lipinski definition) is 1. The van der Waals surface area contributed by atoms with E-state index in [2.05, 4.69) is 33.9 Å². The second-order valence-corrected chi connectivity index (χ2v) is 4.81. The lowest BCUT2D eigenvalue weighted by Crippen LogP contribution is -2.40. The molecule has 0 aromatic carbocycles. The summed E-state index contributed by atoms with van der Waals surface area (Å²) in [7, 11) is 6.34. The van der Waals surface area contributed by atoms with Gasteiger partial charge in [-0.2, -0.15) is 0 Å². The van der Waals surface area contributed by atoms with Gasteiger partial charge in [0, 0.05) is 13.2 Å². The van der Waals surface area contributed by atoms with Crippen LogP contribution in [0.15, 0.2) is 12.5 Å². The Morgan fingerprint density at radius 3 is 2.94 bits per heavy atom. The first-order chi connectivity index (χ1) is 7.74. The molecule has 1 aromatic heterocycles. The van der Waals surface area contributed by atoms with E-state index in [1.807, 2.05) is 19.6 Å². The van der Waals surface area contributed by atoms with Crippen molar-refractivity contribution in [2.75, 3.05) is 27.2 Å². The van der Waals surface area contributed by atoms with Gasteiger partial charge in [0.05, 0.1) is 18.1 Å². The van der Waals surface area contributed by atoms with Gasteiger partial charge >= 0.3 is 0 Å².